The third kappa shape index (κ3) is 3.46. The van der Waals surface area contributed by atoms with E-state index in [4.69, 9.17) is 0 Å². The monoisotopic (exact) mass is 360 g/mol. The Morgan fingerprint density at radius 3 is 2.81 bits per heavy atom. The lowest BCUT2D eigenvalue weighted by Crippen LogP contribution is -2.30. The predicted octanol–water partition coefficient (Wildman–Crippen LogP) is 2.98. The first-order chi connectivity index (χ1) is 13.1. The van der Waals surface area contributed by atoms with Crippen LogP contribution in [0.15, 0.2) is 59.8 Å². The number of hydrogen-bond donors (Lipinski definition) is 2. The van der Waals surface area contributed by atoms with Gasteiger partial charge in [0.15, 0.2) is 0 Å². The summed E-state index contributed by atoms with van der Waals surface area (Å²) >= 11 is 0. The van der Waals surface area contributed by atoms with Crippen molar-refractivity contribution in [2.45, 2.75) is 13.3 Å². The molecule has 2 amide bonds. The number of aromatic amines is 1. The highest BCUT2D eigenvalue weighted by Crippen LogP contribution is 2.25. The second-order valence-electron chi connectivity index (χ2n) is 6.76. The molecule has 1 aliphatic heterocycles. The number of fused-ring (bicyclic) bond motifs is 1. The highest BCUT2D eigenvalue weighted by atomic mass is 16.2. The molecule has 1 saturated heterocycles. The van der Waals surface area contributed by atoms with Crippen LogP contribution in [0.4, 0.5) is 5.69 Å². The smallest absolute Gasteiger partial charge is 0.245 e. The van der Waals surface area contributed by atoms with Gasteiger partial charge < -0.3 is 9.88 Å². The first kappa shape index (κ1) is 17.0. The van der Waals surface area contributed by atoms with Crippen LogP contribution in [0.1, 0.15) is 17.5 Å². The molecule has 6 nitrogen and oxygen atoms in total. The van der Waals surface area contributed by atoms with E-state index >= 15 is 0 Å². The molecule has 0 bridgehead atoms. The number of aryl methyl sites for hydroxylation is 1. The third-order valence-electron chi connectivity index (χ3n) is 4.84. The molecule has 1 fully saturated rings. The van der Waals surface area contributed by atoms with Gasteiger partial charge in [-0.3, -0.25) is 9.59 Å². The average molecular weight is 360 g/mol. The van der Waals surface area contributed by atoms with E-state index < -0.39 is 5.92 Å². The number of H-pyrrole nitrogens is 1. The number of aromatic nitrogens is 1. The fourth-order valence-electron chi connectivity index (χ4n) is 3.31. The van der Waals surface area contributed by atoms with Gasteiger partial charge in [-0.2, -0.15) is 5.10 Å². The van der Waals surface area contributed by atoms with E-state index in [0.29, 0.717) is 6.54 Å². The molecular formula is C21H20N4O2. The van der Waals surface area contributed by atoms with Gasteiger partial charge in [0.05, 0.1) is 12.1 Å². The topological polar surface area (TPSA) is 77.6 Å². The van der Waals surface area contributed by atoms with Crippen molar-refractivity contribution in [3.8, 4) is 0 Å². The summed E-state index contributed by atoms with van der Waals surface area (Å²) in [6.07, 6.45) is 3.66. The van der Waals surface area contributed by atoms with E-state index in [2.05, 4.69) is 15.5 Å². The van der Waals surface area contributed by atoms with Crippen molar-refractivity contribution in [1.82, 2.24) is 10.4 Å². The highest BCUT2D eigenvalue weighted by Gasteiger charge is 2.35. The van der Waals surface area contributed by atoms with Crippen molar-refractivity contribution in [2.75, 3.05) is 11.4 Å². The van der Waals surface area contributed by atoms with Crippen LogP contribution in [-0.4, -0.2) is 29.6 Å². The number of hydrazone groups is 1. The van der Waals surface area contributed by atoms with Crippen LogP contribution in [0, 0.1) is 12.8 Å². The van der Waals surface area contributed by atoms with Crippen molar-refractivity contribution >= 4 is 34.6 Å². The maximum Gasteiger partial charge on any atom is 0.245 e. The molecule has 6 heteroatoms. The Bertz CT molecular complexity index is 1020. The summed E-state index contributed by atoms with van der Waals surface area (Å²) in [5, 5.41) is 5.11. The summed E-state index contributed by atoms with van der Waals surface area (Å²) in [4.78, 5) is 29.5. The molecule has 2 heterocycles. The lowest BCUT2D eigenvalue weighted by molar-refractivity contribution is -0.126. The number of benzene rings is 2. The van der Waals surface area contributed by atoms with Gasteiger partial charge in [0.25, 0.3) is 0 Å². The minimum absolute atomic E-state index is 0.0420. The van der Waals surface area contributed by atoms with Crippen LogP contribution in [-0.2, 0) is 9.59 Å². The van der Waals surface area contributed by atoms with E-state index in [1.807, 2.05) is 61.7 Å². The molecule has 0 saturated carbocycles. The van der Waals surface area contributed by atoms with E-state index in [0.717, 1.165) is 27.7 Å². The van der Waals surface area contributed by atoms with Gasteiger partial charge in [-0.25, -0.2) is 5.43 Å². The molecule has 1 aromatic heterocycles. The summed E-state index contributed by atoms with van der Waals surface area (Å²) in [6, 6.07) is 15.6. The Balaban J connectivity index is 1.40. The van der Waals surface area contributed by atoms with Gasteiger partial charge in [0, 0.05) is 41.3 Å². The maximum atomic E-state index is 12.4. The molecule has 0 unspecified atom stereocenters. The van der Waals surface area contributed by atoms with Gasteiger partial charge in [-0.15, -0.1) is 0 Å². The molecule has 0 aliphatic carbocycles. The van der Waals surface area contributed by atoms with Crippen molar-refractivity contribution in [1.29, 1.82) is 0 Å². The van der Waals surface area contributed by atoms with Crippen LogP contribution in [0.5, 0.6) is 0 Å². The summed E-state index contributed by atoms with van der Waals surface area (Å²) in [5.41, 5.74) is 6.43. The van der Waals surface area contributed by atoms with E-state index in [1.54, 1.807) is 11.1 Å². The van der Waals surface area contributed by atoms with Crippen LogP contribution < -0.4 is 10.3 Å². The standard InChI is InChI=1S/C21H20N4O2/c1-14-6-8-17(9-7-14)25-13-15(10-20(25)26)21(27)24-23-12-16-11-22-19-5-3-2-4-18(16)19/h2-9,11-12,15,22H,10,13H2,1H3,(H,24,27)/b23-12-/t15-/m1/s1. The number of carbonyl (C=O) groups is 2. The lowest BCUT2D eigenvalue weighted by Gasteiger charge is -2.16. The number of nitrogens with zero attached hydrogens (tertiary/aromatic N) is 2. The first-order valence-electron chi connectivity index (χ1n) is 8.88. The zero-order chi connectivity index (χ0) is 18.8. The van der Waals surface area contributed by atoms with E-state index in [9.17, 15) is 9.59 Å². The molecule has 1 atom stereocenters. The Hall–Kier alpha value is -3.41. The molecule has 4 rings (SSSR count). The molecular weight excluding hydrogens is 340 g/mol. The average Bonchev–Trinajstić information content (AvgIpc) is 3.26. The predicted molar refractivity (Wildman–Crippen MR) is 106 cm³/mol. The van der Waals surface area contributed by atoms with Crippen LogP contribution in [0.25, 0.3) is 10.9 Å². The fraction of sp³-hybridized carbons (Fsp3) is 0.190. The highest BCUT2D eigenvalue weighted by molar-refractivity contribution is 6.01. The number of carbonyl (C=O) groups excluding carboxylic acids is 2. The number of anilines is 1. The van der Waals surface area contributed by atoms with E-state index in [-0.39, 0.29) is 18.2 Å². The number of nitrogens with one attached hydrogen (secondary N) is 2. The molecule has 27 heavy (non-hydrogen) atoms. The van der Waals surface area contributed by atoms with Gasteiger partial charge in [0.1, 0.15) is 0 Å². The fourth-order valence-corrected chi connectivity index (χ4v) is 3.31. The van der Waals surface area contributed by atoms with Crippen LogP contribution in [0.3, 0.4) is 0 Å². The molecule has 3 aromatic rings. The van der Waals surface area contributed by atoms with E-state index in [1.165, 1.54) is 0 Å². The van der Waals surface area contributed by atoms with Gasteiger partial charge in [-0.1, -0.05) is 35.9 Å². The Labute approximate surface area is 156 Å². The molecule has 0 radical (unpaired) electrons. The number of rotatable bonds is 4. The van der Waals surface area contributed by atoms with Gasteiger partial charge >= 0.3 is 0 Å². The normalized spacial score (nSPS) is 17.1. The van der Waals surface area contributed by atoms with Crippen LogP contribution >= 0.6 is 0 Å². The lowest BCUT2D eigenvalue weighted by atomic mass is 10.1. The van der Waals surface area contributed by atoms with Crippen molar-refractivity contribution in [3.05, 3.63) is 65.9 Å². The van der Waals surface area contributed by atoms with Crippen LogP contribution in [0.2, 0.25) is 0 Å². The number of para-hydroxylation sites is 1. The molecule has 0 spiro atoms. The molecule has 2 aromatic carbocycles. The second kappa shape index (κ2) is 7.07. The number of hydrogen-bond acceptors (Lipinski definition) is 3. The van der Waals surface area contributed by atoms with Gasteiger partial charge in [-0.05, 0) is 25.1 Å². The summed E-state index contributed by atoms with van der Waals surface area (Å²) in [7, 11) is 0. The minimum atomic E-state index is -0.404. The SMILES string of the molecule is Cc1ccc(N2C[C@H](C(=O)N/N=C\c3c[nH]c4ccccc34)CC2=O)cc1. The molecule has 1 aliphatic rings. The maximum absolute atomic E-state index is 12.4. The zero-order valence-corrected chi connectivity index (χ0v) is 15.0. The van der Waals surface area contributed by atoms with Gasteiger partial charge in [0.2, 0.25) is 11.8 Å². The van der Waals surface area contributed by atoms with Crippen molar-refractivity contribution in [3.63, 3.8) is 0 Å². The Morgan fingerprint density at radius 1 is 1.22 bits per heavy atom. The van der Waals surface area contributed by atoms with Crippen molar-refractivity contribution in [2.24, 2.45) is 11.0 Å². The first-order valence-corrected chi connectivity index (χ1v) is 8.88. The quantitative estimate of drug-likeness (QED) is 0.554. The minimum Gasteiger partial charge on any atom is -0.361 e. The Kier molecular flexibility index (Phi) is 4.46. The molecule has 2 N–H and O–H groups in total. The third-order valence-corrected chi connectivity index (χ3v) is 4.84. The van der Waals surface area contributed by atoms with Crippen molar-refractivity contribution < 1.29 is 9.59 Å². The zero-order valence-electron chi connectivity index (χ0n) is 15.0. The summed E-state index contributed by atoms with van der Waals surface area (Å²) in [6.45, 7) is 2.37. The second-order valence-corrected chi connectivity index (χ2v) is 6.76. The molecule has 136 valence electrons. The largest absolute Gasteiger partial charge is 0.361 e. The number of amides is 2. The summed E-state index contributed by atoms with van der Waals surface area (Å²) < 4.78 is 0. The summed E-state index contributed by atoms with van der Waals surface area (Å²) in [5.74, 6) is -0.687. The Morgan fingerprint density at radius 2 is 2.00 bits per heavy atom.